The molecule has 0 aromatic carbocycles. The Labute approximate surface area is 93.2 Å². The fourth-order valence-electron chi connectivity index (χ4n) is 2.74. The maximum Gasteiger partial charge on any atom is 0.0226 e. The quantitative estimate of drug-likeness (QED) is 0.655. The molecule has 1 atom stereocenters. The first-order valence-electron chi connectivity index (χ1n) is 5.18. The van der Waals surface area contributed by atoms with E-state index in [0.29, 0.717) is 22.1 Å². The fourth-order valence-corrected chi connectivity index (χ4v) is 3.92. The average Bonchev–Trinajstić information content (AvgIpc) is 2.78. The van der Waals surface area contributed by atoms with E-state index in [1.54, 1.807) is 0 Å². The van der Waals surface area contributed by atoms with Gasteiger partial charge in [0.15, 0.2) is 0 Å². The Kier molecular flexibility index (Phi) is 1.85. The molecule has 3 aliphatic carbocycles. The van der Waals surface area contributed by atoms with Crippen molar-refractivity contribution >= 4 is 15.9 Å². The van der Waals surface area contributed by atoms with Crippen LogP contribution in [-0.2, 0) is 0 Å². The lowest BCUT2D eigenvalue weighted by atomic mass is 9.79. The summed E-state index contributed by atoms with van der Waals surface area (Å²) in [5.74, 6) is 1.26. The van der Waals surface area contributed by atoms with Crippen LogP contribution in [0.2, 0.25) is 0 Å². The molecule has 1 fully saturated rings. The van der Waals surface area contributed by atoms with Crippen molar-refractivity contribution in [3.8, 4) is 0 Å². The van der Waals surface area contributed by atoms with Crippen LogP contribution in [0.5, 0.6) is 0 Å². The highest BCUT2D eigenvalue weighted by atomic mass is 79.9. The van der Waals surface area contributed by atoms with Crippen molar-refractivity contribution < 1.29 is 0 Å². The van der Waals surface area contributed by atoms with E-state index in [1.807, 2.05) is 0 Å². The van der Waals surface area contributed by atoms with Crippen molar-refractivity contribution in [1.82, 2.24) is 0 Å². The molecule has 1 saturated carbocycles. The maximum atomic E-state index is 3.79. The number of halogens is 1. The first-order valence-corrected chi connectivity index (χ1v) is 6.10. The molecule has 0 nitrogen and oxygen atoms in total. The summed E-state index contributed by atoms with van der Waals surface area (Å²) in [4.78, 5) is 0.685. The molecule has 0 radical (unpaired) electrons. The Morgan fingerprint density at radius 3 is 1.50 bits per heavy atom. The van der Waals surface area contributed by atoms with Gasteiger partial charge in [0.05, 0.1) is 0 Å². The van der Waals surface area contributed by atoms with E-state index in [0.717, 1.165) is 0 Å². The smallest absolute Gasteiger partial charge is 0.0226 e. The van der Waals surface area contributed by atoms with Gasteiger partial charge in [0.2, 0.25) is 0 Å². The van der Waals surface area contributed by atoms with Crippen molar-refractivity contribution in [3.05, 3.63) is 48.6 Å². The number of hydrogen-bond acceptors (Lipinski definition) is 0. The molecule has 0 aromatic heterocycles. The van der Waals surface area contributed by atoms with Gasteiger partial charge in [0, 0.05) is 22.1 Å². The zero-order valence-corrected chi connectivity index (χ0v) is 9.52. The van der Waals surface area contributed by atoms with E-state index in [-0.39, 0.29) is 0 Å². The van der Waals surface area contributed by atoms with E-state index in [9.17, 15) is 0 Å². The van der Waals surface area contributed by atoms with E-state index in [4.69, 9.17) is 0 Å². The summed E-state index contributed by atoms with van der Waals surface area (Å²) in [6, 6.07) is 0. The van der Waals surface area contributed by atoms with Crippen LogP contribution in [0.1, 0.15) is 6.42 Å². The summed E-state index contributed by atoms with van der Waals surface area (Å²) in [7, 11) is 0. The van der Waals surface area contributed by atoms with Crippen molar-refractivity contribution in [3.63, 3.8) is 0 Å². The number of alkyl halides is 1. The largest absolute Gasteiger partial charge is 0.0884 e. The van der Waals surface area contributed by atoms with Gasteiger partial charge in [-0.15, -0.1) is 0 Å². The van der Waals surface area contributed by atoms with Crippen LogP contribution in [0, 0.1) is 17.3 Å². The topological polar surface area (TPSA) is 0 Å². The Hall–Kier alpha value is -0.560. The van der Waals surface area contributed by atoms with Gasteiger partial charge in [-0.25, -0.2) is 0 Å². The predicted octanol–water partition coefficient (Wildman–Crippen LogP) is 3.62. The molecule has 0 amide bonds. The van der Waals surface area contributed by atoms with Crippen LogP contribution in [0.4, 0.5) is 0 Å². The highest BCUT2D eigenvalue weighted by Crippen LogP contribution is 2.64. The molecule has 1 unspecified atom stereocenters. The molecule has 0 aliphatic heterocycles. The maximum absolute atomic E-state index is 3.79. The molecular formula is C13H13Br. The van der Waals surface area contributed by atoms with Crippen LogP contribution in [0.25, 0.3) is 0 Å². The number of hydrogen-bond donors (Lipinski definition) is 0. The van der Waals surface area contributed by atoms with Crippen molar-refractivity contribution in [2.75, 3.05) is 0 Å². The summed E-state index contributed by atoms with van der Waals surface area (Å²) >= 11 is 3.79. The molecular weight excluding hydrogens is 236 g/mol. The Bertz CT molecular complexity index is 307. The number of allylic oxidation sites excluding steroid dienone is 8. The van der Waals surface area contributed by atoms with Crippen molar-refractivity contribution in [2.24, 2.45) is 17.3 Å². The van der Waals surface area contributed by atoms with Crippen molar-refractivity contribution in [1.29, 1.82) is 0 Å². The third kappa shape index (κ3) is 1.05. The zero-order chi connectivity index (χ0) is 9.60. The summed E-state index contributed by atoms with van der Waals surface area (Å²) in [6.45, 7) is 0. The standard InChI is InChI=1S/C13H13Br/c14-12-9-13(12,10-5-1-2-6-10)11-7-3-4-8-11/h1-8,10-12H,9H2. The third-order valence-corrected chi connectivity index (χ3v) is 4.87. The minimum absolute atomic E-state index is 0.438. The molecule has 72 valence electrons. The SMILES string of the molecule is BrC1CC1(C1C=CC=C1)C1C=CC=C1. The van der Waals surface area contributed by atoms with Crippen LogP contribution >= 0.6 is 15.9 Å². The molecule has 3 aliphatic rings. The van der Waals surface area contributed by atoms with Gasteiger partial charge in [-0.2, -0.15) is 0 Å². The van der Waals surface area contributed by atoms with E-state index in [2.05, 4.69) is 64.5 Å². The van der Waals surface area contributed by atoms with Crippen molar-refractivity contribution in [2.45, 2.75) is 11.2 Å². The highest BCUT2D eigenvalue weighted by molar-refractivity contribution is 9.09. The third-order valence-electron chi connectivity index (χ3n) is 3.69. The Morgan fingerprint density at radius 2 is 1.21 bits per heavy atom. The fraction of sp³-hybridized carbons (Fsp3) is 0.385. The lowest BCUT2D eigenvalue weighted by molar-refractivity contribution is 0.374. The van der Waals surface area contributed by atoms with E-state index >= 15 is 0 Å². The Morgan fingerprint density at radius 1 is 0.857 bits per heavy atom. The summed E-state index contributed by atoms with van der Waals surface area (Å²) in [5, 5.41) is 0. The van der Waals surface area contributed by atoms with E-state index < -0.39 is 0 Å². The monoisotopic (exact) mass is 248 g/mol. The summed E-state index contributed by atoms with van der Waals surface area (Å²) < 4.78 is 0. The average molecular weight is 249 g/mol. The minimum Gasteiger partial charge on any atom is -0.0884 e. The Balaban J connectivity index is 1.92. The molecule has 3 rings (SSSR count). The predicted molar refractivity (Wildman–Crippen MR) is 63.3 cm³/mol. The lowest BCUT2D eigenvalue weighted by Gasteiger charge is -2.25. The highest BCUT2D eigenvalue weighted by Gasteiger charge is 2.59. The van der Waals surface area contributed by atoms with Gasteiger partial charge in [-0.1, -0.05) is 64.5 Å². The minimum atomic E-state index is 0.438. The molecule has 0 spiro atoms. The molecule has 1 heteroatoms. The van der Waals surface area contributed by atoms with Gasteiger partial charge in [0.1, 0.15) is 0 Å². The van der Waals surface area contributed by atoms with Gasteiger partial charge >= 0.3 is 0 Å². The van der Waals surface area contributed by atoms with E-state index in [1.165, 1.54) is 6.42 Å². The van der Waals surface area contributed by atoms with Crippen LogP contribution < -0.4 is 0 Å². The molecule has 0 saturated heterocycles. The zero-order valence-electron chi connectivity index (χ0n) is 7.94. The molecule has 0 bridgehead atoms. The number of rotatable bonds is 2. The molecule has 14 heavy (non-hydrogen) atoms. The molecule has 0 N–H and O–H groups in total. The van der Waals surface area contributed by atoms with Crippen LogP contribution in [0.15, 0.2) is 48.6 Å². The molecule has 0 heterocycles. The second kappa shape index (κ2) is 2.96. The lowest BCUT2D eigenvalue weighted by Crippen LogP contribution is -2.21. The molecule has 0 aromatic rings. The second-order valence-corrected chi connectivity index (χ2v) is 5.48. The first kappa shape index (κ1) is 8.72. The normalized spacial score (nSPS) is 33.4. The van der Waals surface area contributed by atoms with Gasteiger partial charge < -0.3 is 0 Å². The van der Waals surface area contributed by atoms with Gasteiger partial charge in [-0.05, 0) is 6.42 Å². The summed E-state index contributed by atoms with van der Waals surface area (Å²) in [6.07, 6.45) is 19.3. The van der Waals surface area contributed by atoms with Crippen LogP contribution in [0.3, 0.4) is 0 Å². The van der Waals surface area contributed by atoms with Crippen LogP contribution in [-0.4, -0.2) is 4.83 Å². The summed E-state index contributed by atoms with van der Waals surface area (Å²) in [5.41, 5.74) is 0.438. The van der Waals surface area contributed by atoms with Gasteiger partial charge in [0.25, 0.3) is 0 Å². The van der Waals surface area contributed by atoms with Gasteiger partial charge in [-0.3, -0.25) is 0 Å². The second-order valence-electron chi connectivity index (χ2n) is 4.38. The first-order chi connectivity index (χ1) is 6.84.